The quantitative estimate of drug-likeness (QED) is 0.653. The van der Waals surface area contributed by atoms with Gasteiger partial charge >= 0.3 is 0 Å². The van der Waals surface area contributed by atoms with Gasteiger partial charge in [0.05, 0.1) is 10.6 Å². The van der Waals surface area contributed by atoms with Crippen molar-refractivity contribution in [1.82, 2.24) is 14.4 Å². The fraction of sp³-hybridized carbons (Fsp3) is 0.458. The Balaban J connectivity index is 1.75. The Kier molecular flexibility index (Phi) is 6.47. The molecule has 0 spiro atoms. The van der Waals surface area contributed by atoms with Gasteiger partial charge in [-0.2, -0.15) is 0 Å². The van der Waals surface area contributed by atoms with Crippen molar-refractivity contribution >= 4 is 23.4 Å². The highest BCUT2D eigenvalue weighted by atomic mass is 35.5. The number of amides is 2. The number of rotatable bonds is 7. The normalized spacial score (nSPS) is 17.5. The van der Waals surface area contributed by atoms with Crippen LogP contribution in [0.3, 0.4) is 0 Å². The first-order valence-electron chi connectivity index (χ1n) is 11.3. The number of benzene rings is 1. The summed E-state index contributed by atoms with van der Waals surface area (Å²) in [5, 5.41) is 10.8. The van der Waals surface area contributed by atoms with E-state index in [0.717, 1.165) is 19.3 Å². The average molecular weight is 476 g/mol. The summed E-state index contributed by atoms with van der Waals surface area (Å²) in [6.45, 7) is 4.94. The molecule has 9 heteroatoms. The number of nitrogens with zero attached hydrogens (tertiary/aromatic N) is 3. The Labute approximate surface area is 196 Å². The molecule has 3 heterocycles. The van der Waals surface area contributed by atoms with Crippen LogP contribution in [0.1, 0.15) is 77.7 Å². The van der Waals surface area contributed by atoms with Crippen LogP contribution in [-0.2, 0) is 13.0 Å². The van der Waals surface area contributed by atoms with Crippen LogP contribution in [-0.4, -0.2) is 44.4 Å². The number of carbonyl (C=O) groups is 2. The van der Waals surface area contributed by atoms with Gasteiger partial charge in [0.25, 0.3) is 17.4 Å². The zero-order valence-corrected chi connectivity index (χ0v) is 19.5. The van der Waals surface area contributed by atoms with Crippen LogP contribution < -0.4 is 5.56 Å². The molecule has 7 nitrogen and oxygen atoms in total. The topological polar surface area (TPSA) is 82.9 Å². The van der Waals surface area contributed by atoms with E-state index in [9.17, 15) is 23.9 Å². The molecule has 2 aromatic rings. The molecule has 1 atom stereocenters. The first-order valence-corrected chi connectivity index (χ1v) is 11.7. The third-order valence-corrected chi connectivity index (χ3v) is 6.67. The molecular formula is C24H27ClFN3O4. The highest BCUT2D eigenvalue weighted by molar-refractivity contribution is 6.30. The molecular weight excluding hydrogens is 449 g/mol. The molecule has 33 heavy (non-hydrogen) atoms. The van der Waals surface area contributed by atoms with Crippen LogP contribution in [0.15, 0.2) is 23.0 Å². The fourth-order valence-corrected chi connectivity index (χ4v) is 5.01. The van der Waals surface area contributed by atoms with Gasteiger partial charge in [0.1, 0.15) is 17.7 Å². The van der Waals surface area contributed by atoms with Gasteiger partial charge in [-0.05, 0) is 43.4 Å². The number of unbranched alkanes of at least 4 members (excludes halogenated alkanes) is 1. The Hall–Kier alpha value is -2.87. The van der Waals surface area contributed by atoms with Crippen molar-refractivity contribution in [3.05, 3.63) is 61.8 Å². The lowest BCUT2D eigenvalue weighted by atomic mass is 9.95. The Morgan fingerprint density at radius 3 is 2.58 bits per heavy atom. The lowest BCUT2D eigenvalue weighted by Gasteiger charge is -2.30. The van der Waals surface area contributed by atoms with Gasteiger partial charge in [-0.3, -0.25) is 19.0 Å². The van der Waals surface area contributed by atoms with Crippen LogP contribution in [0.5, 0.6) is 5.75 Å². The van der Waals surface area contributed by atoms with Crippen molar-refractivity contribution in [3.63, 3.8) is 0 Å². The van der Waals surface area contributed by atoms with E-state index in [1.165, 1.54) is 27.7 Å². The van der Waals surface area contributed by atoms with Crippen molar-refractivity contribution in [2.75, 3.05) is 13.1 Å². The van der Waals surface area contributed by atoms with E-state index in [1.807, 2.05) is 13.8 Å². The van der Waals surface area contributed by atoms with Crippen LogP contribution >= 0.6 is 11.6 Å². The van der Waals surface area contributed by atoms with Crippen LogP contribution in [0, 0.1) is 5.82 Å². The summed E-state index contributed by atoms with van der Waals surface area (Å²) < 4.78 is 14.9. The lowest BCUT2D eigenvalue weighted by Crippen LogP contribution is -2.40. The minimum atomic E-state index is -0.711. The van der Waals surface area contributed by atoms with E-state index in [0.29, 0.717) is 37.1 Å². The fourth-order valence-electron chi connectivity index (χ4n) is 4.81. The van der Waals surface area contributed by atoms with Crippen molar-refractivity contribution in [1.29, 1.82) is 0 Å². The first-order chi connectivity index (χ1) is 15.8. The number of fused-ring (bicyclic) bond motifs is 3. The van der Waals surface area contributed by atoms with E-state index in [1.54, 1.807) is 4.90 Å². The molecule has 2 aliphatic heterocycles. The number of halogens is 2. The van der Waals surface area contributed by atoms with E-state index in [4.69, 9.17) is 11.6 Å². The number of hydrogen-bond donors (Lipinski definition) is 1. The molecule has 0 aliphatic carbocycles. The SMILES string of the molecule is CCCC[C@@H]1N(CCC)C(=O)c2c3c(c(O)c(=O)n21)C(=O)N(Cc1ccc(F)c(Cl)c1)CC3. The average Bonchev–Trinajstić information content (AvgIpc) is 3.06. The molecule has 0 radical (unpaired) electrons. The molecule has 4 rings (SSSR count). The van der Waals surface area contributed by atoms with Gasteiger partial charge in [-0.25, -0.2) is 4.39 Å². The minimum Gasteiger partial charge on any atom is -0.502 e. The molecule has 0 unspecified atom stereocenters. The van der Waals surface area contributed by atoms with Crippen LogP contribution in [0.25, 0.3) is 0 Å². The van der Waals surface area contributed by atoms with Gasteiger partial charge in [0.15, 0.2) is 5.75 Å². The monoisotopic (exact) mass is 475 g/mol. The molecule has 1 aromatic carbocycles. The number of hydrogen-bond acceptors (Lipinski definition) is 4. The summed E-state index contributed by atoms with van der Waals surface area (Å²) in [6, 6.07) is 4.21. The minimum absolute atomic E-state index is 0.0454. The number of carbonyl (C=O) groups excluding carboxylic acids is 2. The second-order valence-corrected chi connectivity index (χ2v) is 8.98. The lowest BCUT2D eigenvalue weighted by molar-refractivity contribution is 0.0680. The van der Waals surface area contributed by atoms with Gasteiger partial charge in [0.2, 0.25) is 0 Å². The third-order valence-electron chi connectivity index (χ3n) is 6.38. The summed E-state index contributed by atoms with van der Waals surface area (Å²) in [5.41, 5.74) is 0.458. The van der Waals surface area contributed by atoms with Gasteiger partial charge in [-0.1, -0.05) is 37.9 Å². The molecule has 2 amide bonds. The molecule has 0 saturated carbocycles. The number of aromatic hydroxyl groups is 1. The summed E-state index contributed by atoms with van der Waals surface area (Å²) in [6.07, 6.45) is 2.95. The van der Waals surface area contributed by atoms with E-state index in [2.05, 4.69) is 0 Å². The molecule has 2 aliphatic rings. The Bertz CT molecular complexity index is 1180. The molecule has 1 aromatic heterocycles. The summed E-state index contributed by atoms with van der Waals surface area (Å²) >= 11 is 5.86. The second-order valence-electron chi connectivity index (χ2n) is 8.57. The predicted molar refractivity (Wildman–Crippen MR) is 122 cm³/mol. The maximum Gasteiger partial charge on any atom is 0.295 e. The smallest absolute Gasteiger partial charge is 0.295 e. The predicted octanol–water partition coefficient (Wildman–Crippen LogP) is 4.10. The maximum atomic E-state index is 13.5. The Morgan fingerprint density at radius 2 is 1.91 bits per heavy atom. The molecule has 0 bridgehead atoms. The third kappa shape index (κ3) is 3.90. The number of pyridine rings is 1. The largest absolute Gasteiger partial charge is 0.502 e. The summed E-state index contributed by atoms with van der Waals surface area (Å²) in [4.78, 5) is 43.0. The van der Waals surface area contributed by atoms with E-state index in [-0.39, 0.29) is 28.7 Å². The Morgan fingerprint density at radius 1 is 1.15 bits per heavy atom. The summed E-state index contributed by atoms with van der Waals surface area (Å²) in [7, 11) is 0. The van der Waals surface area contributed by atoms with Crippen LogP contribution in [0.2, 0.25) is 5.02 Å². The van der Waals surface area contributed by atoms with Crippen molar-refractivity contribution < 1.29 is 19.1 Å². The first kappa shape index (κ1) is 23.3. The highest BCUT2D eigenvalue weighted by Crippen LogP contribution is 2.37. The van der Waals surface area contributed by atoms with Gasteiger partial charge < -0.3 is 14.9 Å². The molecule has 0 fully saturated rings. The zero-order valence-electron chi connectivity index (χ0n) is 18.7. The highest BCUT2D eigenvalue weighted by Gasteiger charge is 2.43. The van der Waals surface area contributed by atoms with Gasteiger partial charge in [-0.15, -0.1) is 0 Å². The van der Waals surface area contributed by atoms with E-state index < -0.39 is 29.2 Å². The summed E-state index contributed by atoms with van der Waals surface area (Å²) in [5.74, 6) is -1.96. The standard InChI is InChI=1S/C24H27ClFN3O4/c1-3-5-6-18-28(10-4-2)23(32)20-15-9-11-27(13-14-7-8-17(26)16(25)12-14)22(31)19(15)21(30)24(33)29(18)20/h7-8,12,18,30H,3-6,9-11,13H2,1-2H3/t18-/m1/s1. The zero-order chi connectivity index (χ0) is 23.9. The second kappa shape index (κ2) is 9.17. The molecule has 1 N–H and O–H groups in total. The van der Waals surface area contributed by atoms with Crippen LogP contribution in [0.4, 0.5) is 4.39 Å². The maximum absolute atomic E-state index is 13.5. The molecule has 0 saturated heterocycles. The van der Waals surface area contributed by atoms with Crippen molar-refractivity contribution in [3.8, 4) is 5.75 Å². The van der Waals surface area contributed by atoms with Crippen molar-refractivity contribution in [2.24, 2.45) is 0 Å². The van der Waals surface area contributed by atoms with Crippen molar-refractivity contribution in [2.45, 2.75) is 58.7 Å². The molecule has 176 valence electrons. The van der Waals surface area contributed by atoms with E-state index >= 15 is 0 Å². The van der Waals surface area contributed by atoms with Gasteiger partial charge in [0, 0.05) is 25.2 Å². The number of aromatic nitrogens is 1.